The molecular formula is C12H15N3O5S. The first-order valence-corrected chi connectivity index (χ1v) is 8.07. The van der Waals surface area contributed by atoms with E-state index in [0.717, 1.165) is 6.26 Å². The zero-order valence-corrected chi connectivity index (χ0v) is 12.1. The van der Waals surface area contributed by atoms with E-state index in [0.29, 0.717) is 17.5 Å². The highest BCUT2D eigenvalue weighted by Crippen LogP contribution is 2.13. The molecule has 0 aliphatic heterocycles. The number of aromatic amines is 1. The zero-order chi connectivity index (χ0) is 15.6. The summed E-state index contributed by atoms with van der Waals surface area (Å²) in [6, 6.07) is 4.36. The minimum absolute atomic E-state index is 0.0875. The third kappa shape index (κ3) is 3.70. The van der Waals surface area contributed by atoms with Crippen LogP contribution in [0.1, 0.15) is 16.8 Å². The number of aryl methyl sites for hydroxylation is 1. The smallest absolute Gasteiger partial charge is 0.335 e. The van der Waals surface area contributed by atoms with E-state index in [4.69, 9.17) is 5.11 Å². The number of sulfonamides is 1. The molecule has 9 heteroatoms. The monoisotopic (exact) mass is 313 g/mol. The van der Waals surface area contributed by atoms with Crippen molar-refractivity contribution in [1.29, 1.82) is 0 Å². The van der Waals surface area contributed by atoms with Crippen LogP contribution in [0.5, 0.6) is 0 Å². The van der Waals surface area contributed by atoms with Crippen molar-refractivity contribution in [2.75, 3.05) is 12.8 Å². The Morgan fingerprint density at radius 1 is 1.43 bits per heavy atom. The van der Waals surface area contributed by atoms with Gasteiger partial charge in [-0.25, -0.2) is 22.7 Å². The molecule has 3 N–H and O–H groups in total. The van der Waals surface area contributed by atoms with Crippen LogP contribution in [-0.4, -0.2) is 41.8 Å². The molecule has 8 nitrogen and oxygen atoms in total. The van der Waals surface area contributed by atoms with Crippen molar-refractivity contribution in [3.05, 3.63) is 34.2 Å². The maximum atomic E-state index is 11.8. The lowest BCUT2D eigenvalue weighted by Crippen LogP contribution is -2.25. The van der Waals surface area contributed by atoms with Crippen molar-refractivity contribution in [2.45, 2.75) is 13.0 Å². The summed E-state index contributed by atoms with van der Waals surface area (Å²) in [6.45, 7) is 0.487. The summed E-state index contributed by atoms with van der Waals surface area (Å²) in [7, 11) is -3.26. The van der Waals surface area contributed by atoms with Crippen molar-refractivity contribution in [1.82, 2.24) is 14.3 Å². The number of imidazole rings is 1. The Labute approximate surface area is 120 Å². The highest BCUT2D eigenvalue weighted by molar-refractivity contribution is 7.88. The number of rotatable bonds is 6. The SMILES string of the molecule is CS(=O)(=O)NCCCn1c(=O)[nH]c2ccc(C(=O)O)cc21. The third-order valence-electron chi connectivity index (χ3n) is 2.94. The molecule has 0 spiro atoms. The van der Waals surface area contributed by atoms with Gasteiger partial charge in [-0.05, 0) is 24.6 Å². The van der Waals surface area contributed by atoms with E-state index in [1.807, 2.05) is 0 Å². The first-order chi connectivity index (χ1) is 9.78. The van der Waals surface area contributed by atoms with Crippen molar-refractivity contribution < 1.29 is 18.3 Å². The van der Waals surface area contributed by atoms with Gasteiger partial charge in [0.25, 0.3) is 0 Å². The Morgan fingerprint density at radius 2 is 2.14 bits per heavy atom. The first-order valence-electron chi connectivity index (χ1n) is 6.18. The van der Waals surface area contributed by atoms with Crippen molar-refractivity contribution in [3.8, 4) is 0 Å². The van der Waals surface area contributed by atoms with Gasteiger partial charge in [-0.3, -0.25) is 4.57 Å². The summed E-state index contributed by atoms with van der Waals surface area (Å²) < 4.78 is 25.6. The number of hydrogen-bond donors (Lipinski definition) is 3. The lowest BCUT2D eigenvalue weighted by atomic mass is 10.2. The van der Waals surface area contributed by atoms with Gasteiger partial charge >= 0.3 is 11.7 Å². The molecule has 2 rings (SSSR count). The number of nitrogens with one attached hydrogen (secondary N) is 2. The van der Waals surface area contributed by atoms with Crippen LogP contribution in [0, 0.1) is 0 Å². The van der Waals surface area contributed by atoms with Crippen molar-refractivity contribution in [3.63, 3.8) is 0 Å². The lowest BCUT2D eigenvalue weighted by molar-refractivity contribution is 0.0697. The second-order valence-electron chi connectivity index (χ2n) is 4.64. The molecule has 0 aliphatic rings. The number of carbonyl (C=O) groups is 1. The quantitative estimate of drug-likeness (QED) is 0.646. The second kappa shape index (κ2) is 5.70. The normalized spacial score (nSPS) is 11.9. The summed E-state index contributed by atoms with van der Waals surface area (Å²) in [6.07, 6.45) is 1.47. The molecule has 1 aromatic heterocycles. The number of aromatic carboxylic acids is 1. The number of nitrogens with zero attached hydrogens (tertiary/aromatic N) is 1. The predicted molar refractivity (Wildman–Crippen MR) is 77.0 cm³/mol. The van der Waals surface area contributed by atoms with E-state index in [-0.39, 0.29) is 24.3 Å². The fraction of sp³-hybridized carbons (Fsp3) is 0.333. The Morgan fingerprint density at radius 3 is 2.76 bits per heavy atom. The van der Waals surface area contributed by atoms with Crippen LogP contribution >= 0.6 is 0 Å². The van der Waals surface area contributed by atoms with Gasteiger partial charge in [0.1, 0.15) is 0 Å². The largest absolute Gasteiger partial charge is 0.478 e. The lowest BCUT2D eigenvalue weighted by Gasteiger charge is -2.05. The van der Waals surface area contributed by atoms with E-state index < -0.39 is 16.0 Å². The molecule has 0 aliphatic carbocycles. The Balaban J connectivity index is 2.22. The van der Waals surface area contributed by atoms with E-state index in [1.165, 1.54) is 22.8 Å². The summed E-state index contributed by atoms with van der Waals surface area (Å²) in [5.74, 6) is -1.07. The summed E-state index contributed by atoms with van der Waals surface area (Å²) >= 11 is 0. The van der Waals surface area contributed by atoms with Crippen LogP contribution in [-0.2, 0) is 16.6 Å². The number of carboxylic acid groups (broad SMARTS) is 1. The maximum Gasteiger partial charge on any atom is 0.335 e. The molecule has 2 aromatic rings. The number of aromatic nitrogens is 2. The van der Waals surface area contributed by atoms with Crippen LogP contribution in [0.3, 0.4) is 0 Å². The average molecular weight is 313 g/mol. The van der Waals surface area contributed by atoms with E-state index >= 15 is 0 Å². The van der Waals surface area contributed by atoms with Gasteiger partial charge in [0.2, 0.25) is 10.0 Å². The molecule has 21 heavy (non-hydrogen) atoms. The number of hydrogen-bond acceptors (Lipinski definition) is 4. The molecule has 0 radical (unpaired) electrons. The fourth-order valence-electron chi connectivity index (χ4n) is 2.00. The van der Waals surface area contributed by atoms with Crippen molar-refractivity contribution >= 4 is 27.0 Å². The fourth-order valence-corrected chi connectivity index (χ4v) is 2.52. The number of fused-ring (bicyclic) bond motifs is 1. The van der Waals surface area contributed by atoms with Gasteiger partial charge in [0, 0.05) is 13.1 Å². The molecule has 1 aromatic carbocycles. The first kappa shape index (κ1) is 15.3. The Bertz CT molecular complexity index is 834. The van der Waals surface area contributed by atoms with Gasteiger partial charge in [0.05, 0.1) is 22.9 Å². The molecule has 0 saturated carbocycles. The number of benzene rings is 1. The number of carboxylic acids is 1. The summed E-state index contributed by atoms with van der Waals surface area (Å²) in [5.41, 5.74) is 0.761. The highest BCUT2D eigenvalue weighted by Gasteiger charge is 2.10. The standard InChI is InChI=1S/C12H15N3O5S/c1-21(19,20)13-5-2-6-15-10-7-8(11(16)17)3-4-9(10)14-12(15)18/h3-4,7,13H,2,5-6H2,1H3,(H,14,18)(H,16,17). The average Bonchev–Trinajstić information content (AvgIpc) is 2.68. The molecule has 0 amide bonds. The second-order valence-corrected chi connectivity index (χ2v) is 6.47. The van der Waals surface area contributed by atoms with Crippen LogP contribution < -0.4 is 10.4 Å². The van der Waals surface area contributed by atoms with Crippen LogP contribution in [0.2, 0.25) is 0 Å². The minimum Gasteiger partial charge on any atom is -0.478 e. The van der Waals surface area contributed by atoms with Crippen LogP contribution in [0.15, 0.2) is 23.0 Å². The predicted octanol–water partition coefficient (Wildman–Crippen LogP) is -0.0329. The van der Waals surface area contributed by atoms with Crippen molar-refractivity contribution in [2.24, 2.45) is 0 Å². The van der Waals surface area contributed by atoms with Gasteiger partial charge in [0.15, 0.2) is 0 Å². The van der Waals surface area contributed by atoms with E-state index in [9.17, 15) is 18.0 Å². The molecule has 0 saturated heterocycles. The highest BCUT2D eigenvalue weighted by atomic mass is 32.2. The molecule has 0 bridgehead atoms. The Hall–Kier alpha value is -2.13. The molecule has 0 unspecified atom stereocenters. The van der Waals surface area contributed by atoms with Gasteiger partial charge < -0.3 is 10.1 Å². The van der Waals surface area contributed by atoms with Crippen LogP contribution in [0.4, 0.5) is 0 Å². The van der Waals surface area contributed by atoms with E-state index in [1.54, 1.807) is 0 Å². The van der Waals surface area contributed by atoms with Crippen LogP contribution in [0.25, 0.3) is 11.0 Å². The van der Waals surface area contributed by atoms with Gasteiger partial charge in [-0.2, -0.15) is 0 Å². The molecule has 114 valence electrons. The van der Waals surface area contributed by atoms with Gasteiger partial charge in [-0.1, -0.05) is 0 Å². The maximum absolute atomic E-state index is 11.8. The zero-order valence-electron chi connectivity index (χ0n) is 11.3. The van der Waals surface area contributed by atoms with Gasteiger partial charge in [-0.15, -0.1) is 0 Å². The minimum atomic E-state index is -3.26. The summed E-state index contributed by atoms with van der Waals surface area (Å²) in [5, 5.41) is 8.97. The molecular weight excluding hydrogens is 298 g/mol. The molecule has 1 heterocycles. The number of H-pyrrole nitrogens is 1. The third-order valence-corrected chi connectivity index (χ3v) is 3.67. The Kier molecular flexibility index (Phi) is 4.14. The molecule has 0 atom stereocenters. The summed E-state index contributed by atoms with van der Waals surface area (Å²) in [4.78, 5) is 25.4. The van der Waals surface area contributed by atoms with E-state index in [2.05, 4.69) is 9.71 Å². The molecule has 0 fully saturated rings. The topological polar surface area (TPSA) is 121 Å².